The highest BCUT2D eigenvalue weighted by molar-refractivity contribution is 6.00. The topological polar surface area (TPSA) is 137 Å². The van der Waals surface area contributed by atoms with Gasteiger partial charge in [0.1, 0.15) is 24.3 Å². The minimum atomic E-state index is -4.88. The Morgan fingerprint density at radius 3 is 2.36 bits per heavy atom. The van der Waals surface area contributed by atoms with Crippen LogP contribution in [0, 0.1) is 5.92 Å². The number of carbonyl (C=O) groups excluding carboxylic acids is 2. The second kappa shape index (κ2) is 12.5. The number of aromatic nitrogens is 8. The van der Waals surface area contributed by atoms with Gasteiger partial charge < -0.3 is 10.6 Å². The summed E-state index contributed by atoms with van der Waals surface area (Å²) in [5.74, 6) is -6.00. The molecule has 4 rings (SSSR count). The molecule has 242 valence electrons. The Balaban J connectivity index is 1.58. The molecule has 1 aliphatic carbocycles. The van der Waals surface area contributed by atoms with Crippen LogP contribution in [0.25, 0.3) is 0 Å². The van der Waals surface area contributed by atoms with Crippen molar-refractivity contribution in [2.45, 2.75) is 88.9 Å². The lowest BCUT2D eigenvalue weighted by Crippen LogP contribution is -2.50. The number of alkyl halides is 8. The molecule has 3 aromatic rings. The molecular formula is C24H28F8N10O2. The summed E-state index contributed by atoms with van der Waals surface area (Å²) in [7, 11) is 0. The highest BCUT2D eigenvalue weighted by atomic mass is 19.4. The number of rotatable bonds is 10. The molecule has 3 aromatic heterocycles. The van der Waals surface area contributed by atoms with Gasteiger partial charge in [-0.25, -0.2) is 13.5 Å². The van der Waals surface area contributed by atoms with Crippen molar-refractivity contribution in [2.24, 2.45) is 5.92 Å². The van der Waals surface area contributed by atoms with E-state index in [1.165, 1.54) is 16.9 Å². The molecule has 1 unspecified atom stereocenters. The standard InChI is InChI=1S/C24H28F8N10O2/c1-13(2)42-16(5-8-33-42)20(43)36-18(14-3-6-22(25,26)7-4-14)21(44)35-15-10-34-40(11-15)17(9-23(27,28)29)19-37-38-39-41(19)12-24(30,31)32/h5,8,10-11,13-14,17-18H,3-4,6-7,9,12H2,1-2H3,(H,35,44)(H,36,43)/t17?,18-/m0/s1. The van der Waals surface area contributed by atoms with Crippen molar-refractivity contribution in [2.75, 3.05) is 5.32 Å². The van der Waals surface area contributed by atoms with E-state index >= 15 is 0 Å². The van der Waals surface area contributed by atoms with E-state index in [0.717, 1.165) is 12.4 Å². The zero-order valence-electron chi connectivity index (χ0n) is 23.3. The van der Waals surface area contributed by atoms with E-state index in [-0.39, 0.29) is 34.9 Å². The van der Waals surface area contributed by atoms with Crippen molar-refractivity contribution in [1.82, 2.24) is 45.1 Å². The predicted molar refractivity (Wildman–Crippen MR) is 134 cm³/mol. The first-order valence-electron chi connectivity index (χ1n) is 13.4. The molecule has 0 radical (unpaired) electrons. The number of anilines is 1. The van der Waals surface area contributed by atoms with Crippen LogP contribution in [0.2, 0.25) is 0 Å². The second-order valence-electron chi connectivity index (χ2n) is 10.7. The van der Waals surface area contributed by atoms with Crippen molar-refractivity contribution >= 4 is 17.5 Å². The quantitative estimate of drug-likeness (QED) is 0.315. The van der Waals surface area contributed by atoms with Crippen molar-refractivity contribution in [3.8, 4) is 0 Å². The number of hydrogen-bond donors (Lipinski definition) is 2. The summed E-state index contributed by atoms with van der Waals surface area (Å²) in [4.78, 5) is 26.6. The number of tetrazole rings is 1. The fourth-order valence-electron chi connectivity index (χ4n) is 4.96. The number of amides is 2. The Hall–Kier alpha value is -4.13. The predicted octanol–water partition coefficient (Wildman–Crippen LogP) is 4.31. The molecule has 2 N–H and O–H groups in total. The smallest absolute Gasteiger partial charge is 0.339 e. The summed E-state index contributed by atoms with van der Waals surface area (Å²) >= 11 is 0. The third-order valence-electron chi connectivity index (χ3n) is 6.99. The SMILES string of the molecule is CC(C)n1nccc1C(=O)N[C@H](C(=O)Nc1cnn(C(CC(F)(F)F)c2nnnn2CC(F)(F)F)c1)C1CCC(F)(F)CC1. The van der Waals surface area contributed by atoms with E-state index in [1.54, 1.807) is 13.8 Å². The molecule has 1 saturated carbocycles. The molecule has 1 fully saturated rings. The lowest BCUT2D eigenvalue weighted by atomic mass is 9.81. The van der Waals surface area contributed by atoms with Crippen LogP contribution in [0.15, 0.2) is 24.7 Å². The molecule has 1 aliphatic rings. The first-order valence-corrected chi connectivity index (χ1v) is 13.4. The largest absolute Gasteiger partial charge is 0.408 e. The third kappa shape index (κ3) is 8.28. The zero-order chi connectivity index (χ0) is 32.4. The average molecular weight is 641 g/mol. The number of halogens is 8. The Morgan fingerprint density at radius 1 is 1.07 bits per heavy atom. The van der Waals surface area contributed by atoms with E-state index in [2.05, 4.69) is 36.4 Å². The van der Waals surface area contributed by atoms with Gasteiger partial charge in [-0.05, 0) is 49.1 Å². The van der Waals surface area contributed by atoms with E-state index < -0.39 is 79.7 Å². The number of carbonyl (C=O) groups is 2. The zero-order valence-corrected chi connectivity index (χ0v) is 23.3. The van der Waals surface area contributed by atoms with Gasteiger partial charge in [0, 0.05) is 31.3 Å². The molecule has 2 amide bonds. The first-order chi connectivity index (χ1) is 20.4. The molecule has 12 nitrogen and oxygen atoms in total. The molecule has 3 heterocycles. The highest BCUT2D eigenvalue weighted by Gasteiger charge is 2.42. The van der Waals surface area contributed by atoms with Crippen LogP contribution >= 0.6 is 0 Å². The van der Waals surface area contributed by atoms with Gasteiger partial charge in [0.25, 0.3) is 5.91 Å². The number of nitrogens with zero attached hydrogens (tertiary/aromatic N) is 8. The van der Waals surface area contributed by atoms with E-state index in [9.17, 15) is 44.7 Å². The summed E-state index contributed by atoms with van der Waals surface area (Å²) in [5.41, 5.74) is -0.0667. The van der Waals surface area contributed by atoms with Crippen molar-refractivity contribution in [3.05, 3.63) is 36.2 Å². The fourth-order valence-corrected chi connectivity index (χ4v) is 4.96. The average Bonchev–Trinajstić information content (AvgIpc) is 3.66. The van der Waals surface area contributed by atoms with Gasteiger partial charge >= 0.3 is 12.4 Å². The van der Waals surface area contributed by atoms with Crippen LogP contribution in [0.4, 0.5) is 40.8 Å². The van der Waals surface area contributed by atoms with Gasteiger partial charge in [-0.2, -0.15) is 36.5 Å². The van der Waals surface area contributed by atoms with Crippen LogP contribution in [-0.4, -0.2) is 75.9 Å². The number of nitrogens with one attached hydrogen (secondary N) is 2. The molecule has 0 bridgehead atoms. The van der Waals surface area contributed by atoms with Gasteiger partial charge in [-0.3, -0.25) is 19.0 Å². The molecule has 0 saturated heterocycles. The van der Waals surface area contributed by atoms with Crippen molar-refractivity contribution < 1.29 is 44.7 Å². The Bertz CT molecular complexity index is 1430. The minimum Gasteiger partial charge on any atom is -0.339 e. The van der Waals surface area contributed by atoms with Crippen LogP contribution < -0.4 is 10.6 Å². The van der Waals surface area contributed by atoms with E-state index in [0.29, 0.717) is 4.68 Å². The Kier molecular flexibility index (Phi) is 9.29. The van der Waals surface area contributed by atoms with Crippen LogP contribution in [0.3, 0.4) is 0 Å². The van der Waals surface area contributed by atoms with Crippen molar-refractivity contribution in [1.29, 1.82) is 0 Å². The highest BCUT2D eigenvalue weighted by Crippen LogP contribution is 2.38. The second-order valence-corrected chi connectivity index (χ2v) is 10.7. The summed E-state index contributed by atoms with van der Waals surface area (Å²) < 4.78 is 109. The monoisotopic (exact) mass is 640 g/mol. The normalized spacial score (nSPS) is 17.4. The molecule has 2 atom stereocenters. The maximum absolute atomic E-state index is 13.9. The van der Waals surface area contributed by atoms with Gasteiger partial charge in [0.15, 0.2) is 5.82 Å². The Labute approximate surface area is 244 Å². The van der Waals surface area contributed by atoms with Crippen LogP contribution in [-0.2, 0) is 11.3 Å². The summed E-state index contributed by atoms with van der Waals surface area (Å²) in [6, 6.07) is -2.08. The van der Waals surface area contributed by atoms with Gasteiger partial charge in [0.2, 0.25) is 11.8 Å². The maximum atomic E-state index is 13.9. The summed E-state index contributed by atoms with van der Waals surface area (Å²) in [6.07, 6.45) is -9.42. The maximum Gasteiger partial charge on any atom is 0.408 e. The van der Waals surface area contributed by atoms with Gasteiger partial charge in [-0.1, -0.05) is 0 Å². The molecule has 20 heteroatoms. The fraction of sp³-hybridized carbons (Fsp3) is 0.625. The minimum absolute atomic E-state index is 0.108. The lowest BCUT2D eigenvalue weighted by Gasteiger charge is -2.33. The number of hydrogen-bond acceptors (Lipinski definition) is 7. The molecule has 0 aliphatic heterocycles. The molecular weight excluding hydrogens is 612 g/mol. The molecule has 0 spiro atoms. The third-order valence-corrected chi connectivity index (χ3v) is 6.99. The van der Waals surface area contributed by atoms with E-state index in [1.807, 2.05) is 0 Å². The summed E-state index contributed by atoms with van der Waals surface area (Å²) in [6.45, 7) is 1.78. The van der Waals surface area contributed by atoms with Gasteiger partial charge in [0.05, 0.1) is 18.3 Å². The molecule has 0 aromatic carbocycles. The van der Waals surface area contributed by atoms with Crippen LogP contribution in [0.5, 0.6) is 0 Å². The van der Waals surface area contributed by atoms with E-state index in [4.69, 9.17) is 0 Å². The Morgan fingerprint density at radius 2 is 1.75 bits per heavy atom. The lowest BCUT2D eigenvalue weighted by molar-refractivity contribution is -0.146. The first kappa shape index (κ1) is 32.8. The molecule has 44 heavy (non-hydrogen) atoms. The van der Waals surface area contributed by atoms with Crippen LogP contribution in [0.1, 0.15) is 74.3 Å². The van der Waals surface area contributed by atoms with Crippen molar-refractivity contribution in [3.63, 3.8) is 0 Å². The van der Waals surface area contributed by atoms with Gasteiger partial charge in [-0.15, -0.1) is 5.10 Å². The summed E-state index contributed by atoms with van der Waals surface area (Å²) in [5, 5.41) is 22.4.